The summed E-state index contributed by atoms with van der Waals surface area (Å²) in [7, 11) is 1.36. The van der Waals surface area contributed by atoms with E-state index in [2.05, 4.69) is 24.5 Å². The maximum Gasteiger partial charge on any atom is 0.337 e. The van der Waals surface area contributed by atoms with Crippen LogP contribution in [0.1, 0.15) is 34.0 Å². The van der Waals surface area contributed by atoms with Gasteiger partial charge in [0.1, 0.15) is 12.4 Å². The second-order valence-corrected chi connectivity index (χ2v) is 6.99. The lowest BCUT2D eigenvalue weighted by molar-refractivity contribution is 0.0601. The molecule has 0 radical (unpaired) electrons. The lowest BCUT2D eigenvalue weighted by Gasteiger charge is -2.19. The Hall–Kier alpha value is -2.60. The van der Waals surface area contributed by atoms with Crippen LogP contribution in [0.4, 0.5) is 5.69 Å². The normalized spacial score (nSPS) is 11.4. The van der Waals surface area contributed by atoms with Gasteiger partial charge in [-0.15, -0.1) is 0 Å². The number of esters is 1. The number of carbonyl (C=O) groups is 1. The summed E-state index contributed by atoms with van der Waals surface area (Å²) in [6.07, 6.45) is 0. The highest BCUT2D eigenvalue weighted by molar-refractivity contribution is 7.80. The van der Waals surface area contributed by atoms with Crippen molar-refractivity contribution in [3.63, 3.8) is 0 Å². The van der Waals surface area contributed by atoms with Gasteiger partial charge < -0.3 is 20.1 Å². The number of carbonyl (C=O) groups excluding carboxylic acids is 1. The number of thiocarbonyl (C=S) groups is 1. The van der Waals surface area contributed by atoms with Gasteiger partial charge in [0.2, 0.25) is 0 Å². The van der Waals surface area contributed by atoms with E-state index in [4.69, 9.17) is 21.7 Å². The predicted molar refractivity (Wildman–Crippen MR) is 113 cm³/mol. The molecule has 0 aliphatic carbocycles. The Morgan fingerprint density at radius 1 is 1.07 bits per heavy atom. The van der Waals surface area contributed by atoms with Crippen LogP contribution in [0.5, 0.6) is 5.75 Å². The first kappa shape index (κ1) is 20.7. The number of rotatable bonds is 6. The van der Waals surface area contributed by atoms with Crippen LogP contribution in [-0.4, -0.2) is 30.8 Å². The summed E-state index contributed by atoms with van der Waals surface area (Å²) in [6, 6.07) is 11.4. The molecule has 5 nitrogen and oxygen atoms in total. The minimum absolute atomic E-state index is 0.00991. The minimum Gasteiger partial charge on any atom is -0.491 e. The largest absolute Gasteiger partial charge is 0.491 e. The number of benzene rings is 2. The molecule has 0 bridgehead atoms. The average molecular weight is 387 g/mol. The van der Waals surface area contributed by atoms with E-state index in [0.717, 1.165) is 17.0 Å². The number of hydrogen-bond acceptors (Lipinski definition) is 4. The van der Waals surface area contributed by atoms with Gasteiger partial charge in [-0.05, 0) is 80.9 Å². The molecule has 0 unspecified atom stereocenters. The molecule has 6 heteroatoms. The monoisotopic (exact) mass is 386 g/mol. The van der Waals surface area contributed by atoms with Crippen LogP contribution in [0, 0.1) is 20.8 Å². The van der Waals surface area contributed by atoms with Crippen molar-refractivity contribution in [1.82, 2.24) is 5.32 Å². The zero-order valence-corrected chi connectivity index (χ0v) is 17.2. The van der Waals surface area contributed by atoms with Crippen LogP contribution >= 0.6 is 12.2 Å². The zero-order chi connectivity index (χ0) is 20.0. The Bertz CT molecular complexity index is 836. The highest BCUT2D eigenvalue weighted by Gasteiger charge is 2.11. The summed E-state index contributed by atoms with van der Waals surface area (Å²) >= 11 is 5.38. The van der Waals surface area contributed by atoms with Gasteiger partial charge in [0.05, 0.1) is 18.7 Å². The summed E-state index contributed by atoms with van der Waals surface area (Å²) in [6.45, 7) is 8.55. The third-order valence-corrected chi connectivity index (χ3v) is 4.48. The van der Waals surface area contributed by atoms with Crippen molar-refractivity contribution in [2.24, 2.45) is 0 Å². The van der Waals surface area contributed by atoms with E-state index in [1.807, 2.05) is 38.1 Å². The summed E-state index contributed by atoms with van der Waals surface area (Å²) in [4.78, 5) is 11.7. The second kappa shape index (κ2) is 9.37. The smallest absolute Gasteiger partial charge is 0.337 e. The van der Waals surface area contributed by atoms with Gasteiger partial charge >= 0.3 is 5.97 Å². The van der Waals surface area contributed by atoms with Gasteiger partial charge in [0.25, 0.3) is 0 Å². The molecule has 1 atom stereocenters. The first-order valence-corrected chi connectivity index (χ1v) is 9.17. The van der Waals surface area contributed by atoms with E-state index in [9.17, 15) is 4.79 Å². The standard InChI is InChI=1S/C21H26N2O3S/c1-13-7-9-18(10-15(13)3)26-12-16(4)22-21(27)23-19-11-17(20(24)25-5)8-6-14(19)2/h6-11,16H,12H2,1-5H3,(H2,22,23,27)/t16-/m1/s1. The lowest BCUT2D eigenvalue weighted by Crippen LogP contribution is -2.39. The van der Waals surface area contributed by atoms with E-state index in [-0.39, 0.29) is 12.0 Å². The summed E-state index contributed by atoms with van der Waals surface area (Å²) in [5, 5.41) is 6.79. The van der Waals surface area contributed by atoms with Gasteiger partial charge in [-0.2, -0.15) is 0 Å². The highest BCUT2D eigenvalue weighted by Crippen LogP contribution is 2.18. The molecule has 0 aromatic heterocycles. The summed E-state index contributed by atoms with van der Waals surface area (Å²) < 4.78 is 10.6. The summed E-state index contributed by atoms with van der Waals surface area (Å²) in [5.74, 6) is 0.458. The van der Waals surface area contributed by atoms with Gasteiger partial charge in [-0.25, -0.2) is 4.79 Å². The van der Waals surface area contributed by atoms with Crippen molar-refractivity contribution in [2.75, 3.05) is 19.0 Å². The van der Waals surface area contributed by atoms with Crippen molar-refractivity contribution in [3.05, 3.63) is 58.7 Å². The third kappa shape index (κ3) is 5.96. The molecule has 2 rings (SSSR count). The zero-order valence-electron chi connectivity index (χ0n) is 16.4. The average Bonchev–Trinajstić information content (AvgIpc) is 2.63. The number of aryl methyl sites for hydroxylation is 3. The molecular weight excluding hydrogens is 360 g/mol. The molecule has 0 aliphatic heterocycles. The fourth-order valence-electron chi connectivity index (χ4n) is 2.45. The number of anilines is 1. The van der Waals surface area contributed by atoms with E-state index in [1.165, 1.54) is 18.2 Å². The lowest BCUT2D eigenvalue weighted by atomic mass is 10.1. The fourth-order valence-corrected chi connectivity index (χ4v) is 2.76. The molecular formula is C21H26N2O3S. The molecule has 27 heavy (non-hydrogen) atoms. The molecule has 2 aromatic carbocycles. The van der Waals surface area contributed by atoms with Gasteiger partial charge in [-0.3, -0.25) is 0 Å². The van der Waals surface area contributed by atoms with Crippen LogP contribution in [-0.2, 0) is 4.74 Å². The van der Waals surface area contributed by atoms with Crippen molar-refractivity contribution in [2.45, 2.75) is 33.7 Å². The molecule has 0 fully saturated rings. The fraction of sp³-hybridized carbons (Fsp3) is 0.333. The van der Waals surface area contributed by atoms with E-state index in [1.54, 1.807) is 12.1 Å². The predicted octanol–water partition coefficient (Wildman–Crippen LogP) is 4.15. The topological polar surface area (TPSA) is 59.6 Å². The Kier molecular flexibility index (Phi) is 7.19. The summed E-state index contributed by atoms with van der Waals surface area (Å²) in [5.41, 5.74) is 4.65. The van der Waals surface area contributed by atoms with Gasteiger partial charge in [0.15, 0.2) is 5.11 Å². The SMILES string of the molecule is COC(=O)c1ccc(C)c(NC(=S)N[C@H](C)COc2ccc(C)c(C)c2)c1. The minimum atomic E-state index is -0.382. The van der Waals surface area contributed by atoms with Crippen LogP contribution in [0.2, 0.25) is 0 Å². The maximum absolute atomic E-state index is 11.7. The quantitative estimate of drug-likeness (QED) is 0.574. The van der Waals surface area contributed by atoms with Crippen molar-refractivity contribution >= 4 is 29.0 Å². The second-order valence-electron chi connectivity index (χ2n) is 6.58. The Labute approximate surface area is 166 Å². The number of methoxy groups -OCH3 is 1. The Morgan fingerprint density at radius 3 is 2.44 bits per heavy atom. The number of nitrogens with one attached hydrogen (secondary N) is 2. The molecule has 0 aliphatic rings. The molecule has 0 heterocycles. The molecule has 0 saturated heterocycles. The van der Waals surface area contributed by atoms with E-state index >= 15 is 0 Å². The highest BCUT2D eigenvalue weighted by atomic mass is 32.1. The van der Waals surface area contributed by atoms with Gasteiger partial charge in [0, 0.05) is 5.69 Å². The van der Waals surface area contributed by atoms with Gasteiger partial charge in [-0.1, -0.05) is 12.1 Å². The van der Waals surface area contributed by atoms with Crippen molar-refractivity contribution in [1.29, 1.82) is 0 Å². The van der Waals surface area contributed by atoms with Crippen molar-refractivity contribution in [3.8, 4) is 5.75 Å². The van der Waals surface area contributed by atoms with Crippen molar-refractivity contribution < 1.29 is 14.3 Å². The first-order valence-electron chi connectivity index (χ1n) is 8.76. The Morgan fingerprint density at radius 2 is 1.78 bits per heavy atom. The number of hydrogen-bond donors (Lipinski definition) is 2. The van der Waals surface area contributed by atoms with Crippen LogP contribution in [0.3, 0.4) is 0 Å². The molecule has 144 valence electrons. The molecule has 0 amide bonds. The Balaban J connectivity index is 1.91. The van der Waals surface area contributed by atoms with Crippen LogP contribution in [0.15, 0.2) is 36.4 Å². The maximum atomic E-state index is 11.7. The molecule has 2 N–H and O–H groups in total. The van der Waals surface area contributed by atoms with Crippen LogP contribution < -0.4 is 15.4 Å². The van der Waals surface area contributed by atoms with Crippen LogP contribution in [0.25, 0.3) is 0 Å². The number of ether oxygens (including phenoxy) is 2. The van der Waals surface area contributed by atoms with E-state index in [0.29, 0.717) is 17.3 Å². The first-order chi connectivity index (χ1) is 12.8. The van der Waals surface area contributed by atoms with E-state index < -0.39 is 0 Å². The molecule has 0 spiro atoms. The molecule has 0 saturated carbocycles. The third-order valence-electron chi connectivity index (χ3n) is 4.26. The molecule has 2 aromatic rings.